The Hall–Kier alpha value is -1.61. The highest BCUT2D eigenvalue weighted by Crippen LogP contribution is 2.22. The van der Waals surface area contributed by atoms with Crippen molar-refractivity contribution < 1.29 is 4.39 Å². The number of benzene rings is 1. The van der Waals surface area contributed by atoms with E-state index in [9.17, 15) is 4.39 Å². The minimum Gasteiger partial charge on any atom is -0.318 e. The first-order valence-corrected chi connectivity index (χ1v) is 7.81. The normalized spacial score (nSPS) is 15.8. The van der Waals surface area contributed by atoms with E-state index in [2.05, 4.69) is 29.4 Å². The number of nitrogens with zero attached hydrogens (tertiary/aromatic N) is 2. The fourth-order valence-corrected chi connectivity index (χ4v) is 3.35. The lowest BCUT2D eigenvalue weighted by molar-refractivity contribution is 0.343. The number of likely N-dealkylation sites (tertiary alicyclic amines) is 1. The Bertz CT molecular complexity index is 607. The van der Waals surface area contributed by atoms with Crippen LogP contribution in [0.1, 0.15) is 29.8 Å². The van der Waals surface area contributed by atoms with Gasteiger partial charge >= 0.3 is 0 Å². The lowest BCUT2D eigenvalue weighted by atomic mass is 10.1. The zero-order chi connectivity index (χ0) is 14.8. The van der Waals surface area contributed by atoms with Crippen LogP contribution < -0.4 is 0 Å². The van der Waals surface area contributed by atoms with E-state index >= 15 is 0 Å². The van der Waals surface area contributed by atoms with Crippen LogP contribution in [0.3, 0.4) is 0 Å². The molecule has 1 saturated heterocycles. The first kappa shape index (κ1) is 14.3. The third kappa shape index (κ3) is 3.03. The largest absolute Gasteiger partial charge is 0.318 e. The summed E-state index contributed by atoms with van der Waals surface area (Å²) >= 11 is 0. The predicted octanol–water partition coefficient (Wildman–Crippen LogP) is 3.87. The van der Waals surface area contributed by atoms with Gasteiger partial charge in [-0.25, -0.2) is 4.39 Å². The number of aromatic nitrogens is 1. The molecule has 3 heteroatoms. The molecule has 0 saturated carbocycles. The molecule has 3 rings (SSSR count). The highest BCUT2D eigenvalue weighted by molar-refractivity contribution is 5.41. The lowest BCUT2D eigenvalue weighted by Crippen LogP contribution is -2.22. The molecule has 2 aromatic rings. The van der Waals surface area contributed by atoms with E-state index in [1.807, 2.05) is 12.1 Å². The molecular weight excluding hydrogens is 263 g/mol. The van der Waals surface area contributed by atoms with Gasteiger partial charge in [-0.3, -0.25) is 0 Å². The number of hydrogen-bond acceptors (Lipinski definition) is 1. The minimum atomic E-state index is -0.185. The standard InChI is InChI=1S/C18H23FN2/c1-14-13-16(9-12-20-10-3-4-11-20)15(2)21(14)18-7-5-17(19)6-8-18/h5-8,13H,3-4,9-12H2,1-2H3. The SMILES string of the molecule is Cc1cc(CCN2CCCC2)c(C)n1-c1ccc(F)cc1. The van der Waals surface area contributed by atoms with Crippen LogP contribution in [-0.4, -0.2) is 29.1 Å². The summed E-state index contributed by atoms with van der Waals surface area (Å²) in [4.78, 5) is 2.55. The van der Waals surface area contributed by atoms with Crippen molar-refractivity contribution in [1.82, 2.24) is 9.47 Å². The second kappa shape index (κ2) is 6.02. The first-order valence-electron chi connectivity index (χ1n) is 7.81. The van der Waals surface area contributed by atoms with Gasteiger partial charge in [0.2, 0.25) is 0 Å². The summed E-state index contributed by atoms with van der Waals surface area (Å²) in [6.45, 7) is 7.92. The zero-order valence-electron chi connectivity index (χ0n) is 12.9. The van der Waals surface area contributed by atoms with E-state index in [-0.39, 0.29) is 5.82 Å². The Morgan fingerprint density at radius 2 is 1.71 bits per heavy atom. The molecule has 2 nitrogen and oxygen atoms in total. The highest BCUT2D eigenvalue weighted by atomic mass is 19.1. The Morgan fingerprint density at radius 1 is 1.05 bits per heavy atom. The maximum absolute atomic E-state index is 13.1. The van der Waals surface area contributed by atoms with Crippen LogP contribution in [0.4, 0.5) is 4.39 Å². The molecule has 0 unspecified atom stereocenters. The van der Waals surface area contributed by atoms with Gasteiger partial charge in [0.1, 0.15) is 5.82 Å². The van der Waals surface area contributed by atoms with Gasteiger partial charge in [-0.15, -0.1) is 0 Å². The minimum absolute atomic E-state index is 0.185. The van der Waals surface area contributed by atoms with Crippen molar-refractivity contribution in [3.8, 4) is 5.69 Å². The van der Waals surface area contributed by atoms with Gasteiger partial charge in [0.15, 0.2) is 0 Å². The summed E-state index contributed by atoms with van der Waals surface area (Å²) < 4.78 is 15.3. The van der Waals surface area contributed by atoms with E-state index in [0.717, 1.165) is 18.7 Å². The van der Waals surface area contributed by atoms with Crippen LogP contribution in [0.2, 0.25) is 0 Å². The van der Waals surface area contributed by atoms with Crippen LogP contribution in [0.5, 0.6) is 0 Å². The third-order valence-corrected chi connectivity index (χ3v) is 4.52. The molecule has 112 valence electrons. The van der Waals surface area contributed by atoms with Gasteiger partial charge in [0.25, 0.3) is 0 Å². The summed E-state index contributed by atoms with van der Waals surface area (Å²) in [5, 5.41) is 0. The molecule has 1 fully saturated rings. The Kier molecular flexibility index (Phi) is 4.11. The van der Waals surface area contributed by atoms with Crippen molar-refractivity contribution in [2.45, 2.75) is 33.1 Å². The maximum Gasteiger partial charge on any atom is 0.123 e. The van der Waals surface area contributed by atoms with Gasteiger partial charge < -0.3 is 9.47 Å². The van der Waals surface area contributed by atoms with Gasteiger partial charge in [-0.05, 0) is 82.1 Å². The number of rotatable bonds is 4. The van der Waals surface area contributed by atoms with Crippen LogP contribution >= 0.6 is 0 Å². The molecule has 1 aromatic heterocycles. The lowest BCUT2D eigenvalue weighted by Gasteiger charge is -2.14. The topological polar surface area (TPSA) is 8.17 Å². The average Bonchev–Trinajstić information content (AvgIpc) is 3.07. The molecular formula is C18H23FN2. The van der Waals surface area contributed by atoms with Gasteiger partial charge in [-0.2, -0.15) is 0 Å². The van der Waals surface area contributed by atoms with Crippen LogP contribution in [0.15, 0.2) is 30.3 Å². The highest BCUT2D eigenvalue weighted by Gasteiger charge is 2.14. The quantitative estimate of drug-likeness (QED) is 0.828. The van der Waals surface area contributed by atoms with Crippen LogP contribution in [-0.2, 0) is 6.42 Å². The number of aryl methyl sites for hydroxylation is 1. The molecule has 0 spiro atoms. The van der Waals surface area contributed by atoms with E-state index in [4.69, 9.17) is 0 Å². The second-order valence-corrected chi connectivity index (χ2v) is 6.01. The molecule has 1 aromatic carbocycles. The Morgan fingerprint density at radius 3 is 2.38 bits per heavy atom. The molecule has 0 bridgehead atoms. The number of halogens is 1. The van der Waals surface area contributed by atoms with E-state index in [1.54, 1.807) is 0 Å². The van der Waals surface area contributed by atoms with Gasteiger partial charge in [-0.1, -0.05) is 0 Å². The summed E-state index contributed by atoms with van der Waals surface area (Å²) in [5.74, 6) is -0.185. The van der Waals surface area contributed by atoms with Crippen molar-refractivity contribution in [1.29, 1.82) is 0 Å². The van der Waals surface area contributed by atoms with Crippen molar-refractivity contribution in [2.24, 2.45) is 0 Å². The van der Waals surface area contributed by atoms with Gasteiger partial charge in [0.05, 0.1) is 0 Å². The summed E-state index contributed by atoms with van der Waals surface area (Å²) in [7, 11) is 0. The molecule has 0 atom stereocenters. The summed E-state index contributed by atoms with van der Waals surface area (Å²) in [6, 6.07) is 9.02. The van der Waals surface area contributed by atoms with E-state index < -0.39 is 0 Å². The maximum atomic E-state index is 13.1. The van der Waals surface area contributed by atoms with Crippen molar-refractivity contribution >= 4 is 0 Å². The fraction of sp³-hybridized carbons (Fsp3) is 0.444. The van der Waals surface area contributed by atoms with E-state index in [1.165, 1.54) is 55.0 Å². The fourth-order valence-electron chi connectivity index (χ4n) is 3.35. The first-order chi connectivity index (χ1) is 10.1. The van der Waals surface area contributed by atoms with Crippen molar-refractivity contribution in [3.63, 3.8) is 0 Å². The molecule has 1 aliphatic rings. The smallest absolute Gasteiger partial charge is 0.123 e. The molecule has 0 aliphatic carbocycles. The van der Waals surface area contributed by atoms with Gasteiger partial charge in [0, 0.05) is 23.6 Å². The molecule has 0 amide bonds. The summed E-state index contributed by atoms with van der Waals surface area (Å²) in [5.41, 5.74) is 4.94. The zero-order valence-corrected chi connectivity index (χ0v) is 12.9. The van der Waals surface area contributed by atoms with Crippen molar-refractivity contribution in [3.05, 3.63) is 53.1 Å². The average molecular weight is 286 g/mol. The second-order valence-electron chi connectivity index (χ2n) is 6.01. The predicted molar refractivity (Wildman–Crippen MR) is 84.6 cm³/mol. The number of hydrogen-bond donors (Lipinski definition) is 0. The van der Waals surface area contributed by atoms with E-state index in [0.29, 0.717) is 0 Å². The Labute approximate surface area is 126 Å². The monoisotopic (exact) mass is 286 g/mol. The molecule has 0 N–H and O–H groups in total. The molecule has 21 heavy (non-hydrogen) atoms. The van der Waals surface area contributed by atoms with Crippen molar-refractivity contribution in [2.75, 3.05) is 19.6 Å². The molecule has 0 radical (unpaired) electrons. The van der Waals surface area contributed by atoms with Crippen LogP contribution in [0.25, 0.3) is 5.69 Å². The molecule has 2 heterocycles. The van der Waals surface area contributed by atoms with Crippen LogP contribution in [0, 0.1) is 19.7 Å². The summed E-state index contributed by atoms with van der Waals surface area (Å²) in [6.07, 6.45) is 3.78. The Balaban J connectivity index is 1.80. The third-order valence-electron chi connectivity index (χ3n) is 4.52. The molecule has 1 aliphatic heterocycles.